The van der Waals surface area contributed by atoms with Crippen LogP contribution in [0.5, 0.6) is 0 Å². The van der Waals surface area contributed by atoms with Crippen LogP contribution < -0.4 is 5.32 Å². The molecule has 1 N–H and O–H groups in total. The summed E-state index contributed by atoms with van der Waals surface area (Å²) in [7, 11) is 0. The fourth-order valence-corrected chi connectivity index (χ4v) is 3.60. The summed E-state index contributed by atoms with van der Waals surface area (Å²) in [6.45, 7) is 4.92. The van der Waals surface area contributed by atoms with Crippen molar-refractivity contribution in [3.05, 3.63) is 47.6 Å². The molecule has 8 heteroatoms. The van der Waals surface area contributed by atoms with E-state index in [4.69, 9.17) is 4.52 Å². The first-order valence-corrected chi connectivity index (χ1v) is 9.57. The van der Waals surface area contributed by atoms with Crippen LogP contribution in [-0.2, 0) is 12.2 Å². The minimum absolute atomic E-state index is 0.273. The highest BCUT2D eigenvalue weighted by molar-refractivity contribution is 8.00. The van der Waals surface area contributed by atoms with Gasteiger partial charge in [0.25, 0.3) is 0 Å². The molecule has 3 rings (SSSR count). The molecule has 0 aliphatic carbocycles. The summed E-state index contributed by atoms with van der Waals surface area (Å²) in [6, 6.07) is 10.4. The molecule has 6 nitrogen and oxygen atoms in total. The molecular weight excluding hydrogens is 342 g/mol. The Kier molecular flexibility index (Phi) is 5.81. The number of anilines is 1. The Hall–Kier alpha value is -1.93. The minimum atomic E-state index is 0.273. The third kappa shape index (κ3) is 4.78. The summed E-state index contributed by atoms with van der Waals surface area (Å²) >= 11 is 3.10. The molecule has 0 fully saturated rings. The van der Waals surface area contributed by atoms with Gasteiger partial charge in [0.2, 0.25) is 11.0 Å². The Morgan fingerprint density at radius 1 is 1.21 bits per heavy atom. The van der Waals surface area contributed by atoms with Gasteiger partial charge in [-0.1, -0.05) is 72.4 Å². The van der Waals surface area contributed by atoms with Crippen molar-refractivity contribution in [1.29, 1.82) is 0 Å². The van der Waals surface area contributed by atoms with Crippen molar-refractivity contribution in [3.8, 4) is 0 Å². The molecule has 0 atom stereocenters. The zero-order valence-corrected chi connectivity index (χ0v) is 15.2. The second-order valence-corrected chi connectivity index (χ2v) is 7.73. The molecule has 0 bridgehead atoms. The van der Waals surface area contributed by atoms with E-state index in [2.05, 4.69) is 49.9 Å². The maximum absolute atomic E-state index is 5.23. The molecule has 1 aromatic carbocycles. The summed E-state index contributed by atoms with van der Waals surface area (Å²) in [6.07, 6.45) is 0.961. The fraction of sp³-hybridized carbons (Fsp3) is 0.375. The van der Waals surface area contributed by atoms with E-state index in [9.17, 15) is 0 Å². The number of rotatable bonds is 8. The van der Waals surface area contributed by atoms with Gasteiger partial charge in [0.05, 0.1) is 5.75 Å². The second kappa shape index (κ2) is 8.25. The lowest BCUT2D eigenvalue weighted by Crippen LogP contribution is -2.04. The summed E-state index contributed by atoms with van der Waals surface area (Å²) in [4.78, 5) is 4.36. The Morgan fingerprint density at radius 2 is 2.04 bits per heavy atom. The monoisotopic (exact) mass is 361 g/mol. The van der Waals surface area contributed by atoms with E-state index in [0.29, 0.717) is 11.6 Å². The van der Waals surface area contributed by atoms with Gasteiger partial charge < -0.3 is 9.84 Å². The van der Waals surface area contributed by atoms with Crippen LogP contribution in [0.1, 0.15) is 37.0 Å². The van der Waals surface area contributed by atoms with E-state index in [1.165, 1.54) is 5.56 Å². The van der Waals surface area contributed by atoms with Gasteiger partial charge in [-0.05, 0) is 12.0 Å². The van der Waals surface area contributed by atoms with E-state index < -0.39 is 0 Å². The van der Waals surface area contributed by atoms with Crippen molar-refractivity contribution in [2.24, 2.45) is 0 Å². The number of thioether (sulfide) groups is 1. The molecule has 0 saturated carbocycles. The number of nitrogens with zero attached hydrogens (tertiary/aromatic N) is 4. The van der Waals surface area contributed by atoms with Gasteiger partial charge in [-0.2, -0.15) is 4.98 Å². The second-order valence-electron chi connectivity index (χ2n) is 5.53. The minimum Gasteiger partial charge on any atom is -0.360 e. The largest absolute Gasteiger partial charge is 0.360 e. The number of nitrogens with one attached hydrogen (secondary N) is 1. The maximum Gasteiger partial charge on any atom is 0.237 e. The first kappa shape index (κ1) is 16.9. The van der Waals surface area contributed by atoms with Crippen LogP contribution in [0.4, 0.5) is 5.13 Å². The van der Waals surface area contributed by atoms with E-state index >= 15 is 0 Å². The van der Waals surface area contributed by atoms with Crippen molar-refractivity contribution in [2.75, 3.05) is 11.9 Å². The van der Waals surface area contributed by atoms with Crippen molar-refractivity contribution >= 4 is 28.2 Å². The van der Waals surface area contributed by atoms with Crippen LogP contribution >= 0.6 is 23.1 Å². The average Bonchev–Trinajstić information content (AvgIpc) is 3.23. The van der Waals surface area contributed by atoms with E-state index in [1.807, 2.05) is 19.9 Å². The molecule has 0 unspecified atom stereocenters. The first-order chi connectivity index (χ1) is 11.7. The molecule has 0 spiro atoms. The van der Waals surface area contributed by atoms with Crippen molar-refractivity contribution in [3.63, 3.8) is 0 Å². The van der Waals surface area contributed by atoms with Crippen molar-refractivity contribution in [1.82, 2.24) is 20.3 Å². The SMILES string of the molecule is CC(C)c1noc(CSc2nnc(NCCc3ccccc3)s2)n1. The molecule has 126 valence electrons. The molecule has 0 aliphatic rings. The Bertz CT molecular complexity index is 757. The Morgan fingerprint density at radius 3 is 2.79 bits per heavy atom. The Labute approximate surface area is 149 Å². The topological polar surface area (TPSA) is 76.7 Å². The van der Waals surface area contributed by atoms with Gasteiger partial charge in [-0.3, -0.25) is 0 Å². The predicted octanol–water partition coefficient (Wildman–Crippen LogP) is 3.99. The van der Waals surface area contributed by atoms with Gasteiger partial charge >= 0.3 is 0 Å². The van der Waals surface area contributed by atoms with Crippen molar-refractivity contribution in [2.45, 2.75) is 36.3 Å². The van der Waals surface area contributed by atoms with Gasteiger partial charge in [0, 0.05) is 12.5 Å². The highest BCUT2D eigenvalue weighted by Crippen LogP contribution is 2.28. The van der Waals surface area contributed by atoms with Gasteiger partial charge in [-0.25, -0.2) is 0 Å². The lowest BCUT2D eigenvalue weighted by molar-refractivity contribution is 0.383. The van der Waals surface area contributed by atoms with E-state index in [0.717, 1.165) is 28.3 Å². The zero-order chi connectivity index (χ0) is 16.8. The van der Waals surface area contributed by atoms with Crippen molar-refractivity contribution < 1.29 is 4.52 Å². The highest BCUT2D eigenvalue weighted by Gasteiger charge is 2.11. The molecular formula is C16H19N5OS2. The predicted molar refractivity (Wildman–Crippen MR) is 96.5 cm³/mol. The normalized spacial score (nSPS) is 11.1. The van der Waals surface area contributed by atoms with Crippen LogP contribution in [0.2, 0.25) is 0 Å². The zero-order valence-electron chi connectivity index (χ0n) is 13.6. The van der Waals surface area contributed by atoms with E-state index in [-0.39, 0.29) is 5.92 Å². The van der Waals surface area contributed by atoms with Crippen LogP contribution in [0.15, 0.2) is 39.2 Å². The third-order valence-electron chi connectivity index (χ3n) is 3.26. The van der Waals surface area contributed by atoms with Gasteiger partial charge in [0.15, 0.2) is 10.2 Å². The number of hydrogen-bond donors (Lipinski definition) is 1. The average molecular weight is 361 g/mol. The molecule has 3 aromatic rings. The summed E-state index contributed by atoms with van der Waals surface area (Å²) < 4.78 is 6.12. The molecule has 0 aliphatic heterocycles. The molecule has 0 radical (unpaired) electrons. The van der Waals surface area contributed by atoms with Crippen LogP contribution in [0.25, 0.3) is 0 Å². The smallest absolute Gasteiger partial charge is 0.237 e. The molecule has 24 heavy (non-hydrogen) atoms. The molecule has 2 heterocycles. The quantitative estimate of drug-likeness (QED) is 0.608. The summed E-state index contributed by atoms with van der Waals surface area (Å²) in [5, 5.41) is 16.4. The highest BCUT2D eigenvalue weighted by atomic mass is 32.2. The number of aromatic nitrogens is 4. The molecule has 2 aromatic heterocycles. The third-order valence-corrected chi connectivity index (χ3v) is 5.26. The van der Waals surface area contributed by atoms with Gasteiger partial charge in [0.1, 0.15) is 0 Å². The Balaban J connectivity index is 1.45. The van der Waals surface area contributed by atoms with E-state index in [1.54, 1.807) is 23.1 Å². The van der Waals surface area contributed by atoms with Crippen LogP contribution in [-0.4, -0.2) is 26.9 Å². The standard InChI is InChI=1S/C16H19N5OS2/c1-11(2)14-18-13(22-21-14)10-23-16-20-19-15(24-16)17-9-8-12-6-4-3-5-7-12/h3-7,11H,8-10H2,1-2H3,(H,17,19). The van der Waals surface area contributed by atoms with Crippen LogP contribution in [0.3, 0.4) is 0 Å². The van der Waals surface area contributed by atoms with Crippen LogP contribution in [0, 0.1) is 0 Å². The lowest BCUT2D eigenvalue weighted by atomic mass is 10.2. The molecule has 0 amide bonds. The molecule has 0 saturated heterocycles. The maximum atomic E-state index is 5.23. The van der Waals surface area contributed by atoms with Gasteiger partial charge in [-0.15, -0.1) is 10.2 Å². The number of benzene rings is 1. The summed E-state index contributed by atoms with van der Waals surface area (Å²) in [5.74, 6) is 2.25. The lowest BCUT2D eigenvalue weighted by Gasteiger charge is -2.01. The first-order valence-electron chi connectivity index (χ1n) is 7.77. The fourth-order valence-electron chi connectivity index (χ4n) is 1.98. The summed E-state index contributed by atoms with van der Waals surface area (Å²) in [5.41, 5.74) is 1.31. The number of hydrogen-bond acceptors (Lipinski definition) is 8.